The molecule has 2 aliphatic heterocycles. The maximum atomic E-state index is 13.0. The van der Waals surface area contributed by atoms with Gasteiger partial charge in [0, 0.05) is 42.7 Å². The number of nitrogens with two attached hydrogens (primary N) is 1. The van der Waals surface area contributed by atoms with E-state index in [2.05, 4.69) is 20.6 Å². The van der Waals surface area contributed by atoms with E-state index in [1.54, 1.807) is 11.8 Å². The highest BCUT2D eigenvalue weighted by Gasteiger charge is 2.36. The van der Waals surface area contributed by atoms with Gasteiger partial charge in [-0.1, -0.05) is 6.07 Å². The summed E-state index contributed by atoms with van der Waals surface area (Å²) < 4.78 is 0. The summed E-state index contributed by atoms with van der Waals surface area (Å²) in [5.41, 5.74) is 5.23. The monoisotopic (exact) mass is 469 g/mol. The van der Waals surface area contributed by atoms with Crippen molar-refractivity contribution in [2.75, 3.05) is 28.6 Å². The van der Waals surface area contributed by atoms with Gasteiger partial charge in [0.05, 0.1) is 16.4 Å². The van der Waals surface area contributed by atoms with E-state index < -0.39 is 28.2 Å². The van der Waals surface area contributed by atoms with Crippen molar-refractivity contribution in [1.29, 1.82) is 0 Å². The number of amides is 3. The van der Waals surface area contributed by atoms with Crippen molar-refractivity contribution in [2.24, 2.45) is 11.7 Å². The zero-order chi connectivity index (χ0) is 24.6. The van der Waals surface area contributed by atoms with Crippen LogP contribution in [0.2, 0.25) is 0 Å². The average molecular weight is 469 g/mol. The number of benzene rings is 1. The second-order valence-corrected chi connectivity index (χ2v) is 8.37. The molecule has 0 unspecified atom stereocenters. The molecule has 178 valence electrons. The maximum Gasteiger partial charge on any atom is 0.274 e. The van der Waals surface area contributed by atoms with Gasteiger partial charge in [-0.3, -0.25) is 34.3 Å². The van der Waals surface area contributed by atoms with Gasteiger partial charge in [0.1, 0.15) is 5.82 Å². The summed E-state index contributed by atoms with van der Waals surface area (Å²) in [6.45, 7) is 2.46. The molecule has 4 rings (SSSR count). The van der Waals surface area contributed by atoms with Crippen LogP contribution in [0.25, 0.3) is 0 Å². The number of aryl methyl sites for hydroxylation is 1. The topological polar surface area (TPSA) is 193 Å². The number of aromatic amines is 1. The Morgan fingerprint density at radius 3 is 2.62 bits per heavy atom. The van der Waals surface area contributed by atoms with Gasteiger partial charge >= 0.3 is 0 Å². The summed E-state index contributed by atoms with van der Waals surface area (Å²) in [4.78, 5) is 69.1. The van der Waals surface area contributed by atoms with Crippen molar-refractivity contribution in [3.63, 3.8) is 0 Å². The lowest BCUT2D eigenvalue weighted by Gasteiger charge is -2.32. The number of primary amides is 1. The Morgan fingerprint density at radius 1 is 1.26 bits per heavy atom. The fourth-order valence-electron chi connectivity index (χ4n) is 4.22. The number of hydrogen-bond donors (Lipinski definition) is 4. The minimum Gasteiger partial charge on any atom is -0.369 e. The highest BCUT2D eigenvalue weighted by Crippen LogP contribution is 2.31. The van der Waals surface area contributed by atoms with Crippen LogP contribution in [0, 0.1) is 23.0 Å². The standard InChI is InChI=1S/C21H23N7O6/c1-10-2-3-12(8-14(10)28(33)34)23-19(31)13-9-15(29)24-18-16(13)20(32)26-21(25-18)27-6-4-11(5-7-27)17(22)30/h2-3,8,11,13H,4-7,9H2,1H3,(H2,22,30)(H,23,31)(H2,24,25,26,29,32)/t13-/m0/s1. The van der Waals surface area contributed by atoms with Crippen LogP contribution in [0.4, 0.5) is 23.1 Å². The number of fused-ring (bicyclic) bond motifs is 1. The predicted molar refractivity (Wildman–Crippen MR) is 121 cm³/mol. The lowest BCUT2D eigenvalue weighted by atomic mass is 9.92. The number of anilines is 3. The number of nitrogens with zero attached hydrogens (tertiary/aromatic N) is 3. The zero-order valence-corrected chi connectivity index (χ0v) is 18.3. The summed E-state index contributed by atoms with van der Waals surface area (Å²) in [5, 5.41) is 16.3. The Kier molecular flexibility index (Phi) is 6.01. The van der Waals surface area contributed by atoms with Crippen molar-refractivity contribution in [3.05, 3.63) is 49.8 Å². The summed E-state index contributed by atoms with van der Waals surface area (Å²) in [6.07, 6.45) is 0.743. The Morgan fingerprint density at radius 2 is 1.97 bits per heavy atom. The van der Waals surface area contributed by atoms with E-state index in [4.69, 9.17) is 5.73 Å². The van der Waals surface area contributed by atoms with E-state index in [0.29, 0.717) is 31.5 Å². The molecule has 1 fully saturated rings. The lowest BCUT2D eigenvalue weighted by Crippen LogP contribution is -2.41. The number of nitrogens with one attached hydrogen (secondary N) is 3. The van der Waals surface area contributed by atoms with Crippen molar-refractivity contribution in [3.8, 4) is 0 Å². The highest BCUT2D eigenvalue weighted by atomic mass is 16.6. The Balaban J connectivity index is 1.59. The first-order valence-corrected chi connectivity index (χ1v) is 10.7. The molecule has 5 N–H and O–H groups in total. The molecule has 3 heterocycles. The number of H-pyrrole nitrogens is 1. The maximum absolute atomic E-state index is 13.0. The predicted octanol–water partition coefficient (Wildman–Crippen LogP) is 0.753. The number of piperidine rings is 1. The molecule has 0 radical (unpaired) electrons. The van der Waals surface area contributed by atoms with Crippen LogP contribution in [0.5, 0.6) is 0 Å². The number of nitro groups is 1. The molecule has 34 heavy (non-hydrogen) atoms. The number of aromatic nitrogens is 2. The number of carbonyl (C=O) groups excluding carboxylic acids is 3. The number of rotatable bonds is 5. The molecule has 0 saturated carbocycles. The third-order valence-corrected chi connectivity index (χ3v) is 6.13. The smallest absolute Gasteiger partial charge is 0.274 e. The zero-order valence-electron chi connectivity index (χ0n) is 18.3. The van der Waals surface area contributed by atoms with E-state index in [1.165, 1.54) is 18.2 Å². The van der Waals surface area contributed by atoms with Crippen LogP contribution >= 0.6 is 0 Å². The summed E-state index contributed by atoms with van der Waals surface area (Å²) >= 11 is 0. The molecule has 13 nitrogen and oxygen atoms in total. The van der Waals surface area contributed by atoms with Gasteiger partial charge in [0.15, 0.2) is 0 Å². The minimum absolute atomic E-state index is 0.00878. The molecule has 1 saturated heterocycles. The molecule has 1 aromatic carbocycles. The highest BCUT2D eigenvalue weighted by molar-refractivity contribution is 6.04. The van der Waals surface area contributed by atoms with Crippen LogP contribution in [0.1, 0.15) is 36.3 Å². The first kappa shape index (κ1) is 22.9. The SMILES string of the molecule is Cc1ccc(NC(=O)[C@H]2CC(=O)Nc3nc(N4CCC(C(N)=O)CC4)[nH]c(=O)c32)cc1[N+](=O)[O-]. The van der Waals surface area contributed by atoms with E-state index >= 15 is 0 Å². The molecular formula is C21H23N7O6. The molecule has 0 spiro atoms. The second kappa shape index (κ2) is 8.92. The minimum atomic E-state index is -1.13. The van der Waals surface area contributed by atoms with Crippen molar-refractivity contribution in [1.82, 2.24) is 9.97 Å². The van der Waals surface area contributed by atoms with Gasteiger partial charge < -0.3 is 21.3 Å². The molecule has 13 heteroatoms. The molecule has 2 aliphatic rings. The fraction of sp³-hybridized carbons (Fsp3) is 0.381. The van der Waals surface area contributed by atoms with Crippen LogP contribution in [-0.2, 0) is 14.4 Å². The molecule has 2 aromatic rings. The Labute approximate surface area is 192 Å². The van der Waals surface area contributed by atoms with E-state index in [9.17, 15) is 29.3 Å². The van der Waals surface area contributed by atoms with Crippen molar-refractivity contribution < 1.29 is 19.3 Å². The third-order valence-electron chi connectivity index (χ3n) is 6.13. The van der Waals surface area contributed by atoms with Gasteiger partial charge in [-0.15, -0.1) is 0 Å². The van der Waals surface area contributed by atoms with Crippen LogP contribution in [0.3, 0.4) is 0 Å². The number of hydrogen-bond acceptors (Lipinski definition) is 8. The normalized spacial score (nSPS) is 18.1. The van der Waals surface area contributed by atoms with E-state index in [0.717, 1.165) is 0 Å². The molecular weight excluding hydrogens is 446 g/mol. The molecule has 1 aromatic heterocycles. The Bertz CT molecular complexity index is 1250. The molecule has 3 amide bonds. The molecule has 0 aliphatic carbocycles. The quantitative estimate of drug-likeness (QED) is 0.364. The summed E-state index contributed by atoms with van der Waals surface area (Å²) in [6, 6.07) is 4.22. The van der Waals surface area contributed by atoms with Crippen molar-refractivity contribution >= 4 is 40.9 Å². The van der Waals surface area contributed by atoms with Gasteiger partial charge in [-0.05, 0) is 25.8 Å². The molecule has 1 atom stereocenters. The second-order valence-electron chi connectivity index (χ2n) is 8.37. The fourth-order valence-corrected chi connectivity index (χ4v) is 4.22. The number of carbonyl (C=O) groups is 3. The van der Waals surface area contributed by atoms with Crippen LogP contribution in [-0.4, -0.2) is 45.7 Å². The van der Waals surface area contributed by atoms with Gasteiger partial charge in [0.25, 0.3) is 11.2 Å². The number of nitro benzene ring substituents is 1. The summed E-state index contributed by atoms with van der Waals surface area (Å²) in [5.74, 6) is -2.67. The van der Waals surface area contributed by atoms with Crippen LogP contribution in [0.15, 0.2) is 23.0 Å². The largest absolute Gasteiger partial charge is 0.369 e. The van der Waals surface area contributed by atoms with E-state index in [1.807, 2.05) is 0 Å². The average Bonchev–Trinajstić information content (AvgIpc) is 2.79. The van der Waals surface area contributed by atoms with Gasteiger partial charge in [0.2, 0.25) is 23.7 Å². The van der Waals surface area contributed by atoms with Crippen molar-refractivity contribution in [2.45, 2.75) is 32.1 Å². The first-order chi connectivity index (χ1) is 16.1. The Hall–Kier alpha value is -4.29. The first-order valence-electron chi connectivity index (χ1n) is 10.7. The summed E-state index contributed by atoms with van der Waals surface area (Å²) in [7, 11) is 0. The third kappa shape index (κ3) is 4.44. The van der Waals surface area contributed by atoms with Gasteiger partial charge in [-0.25, -0.2) is 0 Å². The van der Waals surface area contributed by atoms with Gasteiger partial charge in [-0.2, -0.15) is 4.98 Å². The molecule has 0 bridgehead atoms. The van der Waals surface area contributed by atoms with E-state index in [-0.39, 0.29) is 47.0 Å². The lowest BCUT2D eigenvalue weighted by molar-refractivity contribution is -0.385. The van der Waals surface area contributed by atoms with Crippen LogP contribution < -0.4 is 26.8 Å².